The van der Waals surface area contributed by atoms with Gasteiger partial charge in [0.25, 0.3) is 0 Å². The predicted octanol–water partition coefficient (Wildman–Crippen LogP) is 3.59. The Bertz CT molecular complexity index is 1650. The zero-order chi connectivity index (χ0) is 33.9. The van der Waals surface area contributed by atoms with Crippen molar-refractivity contribution in [2.24, 2.45) is 0 Å². The summed E-state index contributed by atoms with van der Waals surface area (Å²) < 4.78 is 125. The molecular formula is C28H28O12OsS4. The molecule has 12 nitrogen and oxygen atoms in total. The number of hydrogen-bond acceptors (Lipinski definition) is 12. The maximum Gasteiger partial charge on any atom is 4.00 e. The molecule has 0 aliphatic carbocycles. The summed E-state index contributed by atoms with van der Waals surface area (Å²) in [5.74, 6) is 0. The molecule has 0 heterocycles. The molecule has 0 saturated heterocycles. The molecular weight excluding hydrogens is 847 g/mol. The first-order chi connectivity index (χ1) is 20.0. The number of rotatable bonds is 4. The summed E-state index contributed by atoms with van der Waals surface area (Å²) in [5, 5.41) is 0. The zero-order valence-corrected chi connectivity index (χ0v) is 29.9. The standard InChI is InChI=1S/4C7H8O3S.Os/c4*1-6-2-4-7(5-3-6)11(8,9)10;/h4*2-5H,1H3,(H,8,9,10);/q;;;;+4/p-4. The van der Waals surface area contributed by atoms with Gasteiger partial charge in [0.2, 0.25) is 0 Å². The molecule has 45 heavy (non-hydrogen) atoms. The van der Waals surface area contributed by atoms with Gasteiger partial charge in [-0.1, -0.05) is 70.8 Å². The second-order valence-corrected chi connectivity index (χ2v) is 14.6. The molecule has 0 N–H and O–H groups in total. The second-order valence-electron chi connectivity index (χ2n) is 9.07. The van der Waals surface area contributed by atoms with E-state index in [4.69, 9.17) is 0 Å². The third-order valence-corrected chi connectivity index (χ3v) is 8.64. The average Bonchev–Trinajstić information content (AvgIpc) is 2.89. The third kappa shape index (κ3) is 16.9. The fourth-order valence-corrected chi connectivity index (χ4v) is 4.70. The summed E-state index contributed by atoms with van der Waals surface area (Å²) in [7, 11) is -17.1. The van der Waals surface area contributed by atoms with Crippen molar-refractivity contribution in [3.8, 4) is 0 Å². The summed E-state index contributed by atoms with van der Waals surface area (Å²) in [6.07, 6.45) is 0. The van der Waals surface area contributed by atoms with Crippen LogP contribution in [0.3, 0.4) is 0 Å². The van der Waals surface area contributed by atoms with Crippen LogP contribution >= 0.6 is 0 Å². The molecule has 0 saturated carbocycles. The van der Waals surface area contributed by atoms with Crippen molar-refractivity contribution in [3.05, 3.63) is 119 Å². The Morgan fingerprint density at radius 3 is 0.511 bits per heavy atom. The van der Waals surface area contributed by atoms with E-state index < -0.39 is 40.5 Å². The third-order valence-electron chi connectivity index (χ3n) is 5.24. The fraction of sp³-hybridized carbons (Fsp3) is 0.143. The Kier molecular flexibility index (Phi) is 16.6. The molecule has 0 radical (unpaired) electrons. The Hall–Kier alpha value is -2.84. The topological polar surface area (TPSA) is 229 Å². The Labute approximate surface area is 277 Å². The van der Waals surface area contributed by atoms with Gasteiger partial charge in [0.05, 0.1) is 19.6 Å². The maximum absolute atomic E-state index is 10.4. The van der Waals surface area contributed by atoms with Crippen LogP contribution in [0.25, 0.3) is 0 Å². The molecule has 0 aromatic heterocycles. The molecule has 0 fully saturated rings. The van der Waals surface area contributed by atoms with Gasteiger partial charge in [0, 0.05) is 0 Å². The molecule has 4 rings (SSSR count). The molecule has 0 atom stereocenters. The fourth-order valence-electron chi connectivity index (χ4n) is 2.82. The quantitative estimate of drug-likeness (QED) is 0.268. The van der Waals surface area contributed by atoms with Crippen LogP contribution in [0.1, 0.15) is 22.3 Å². The molecule has 4 aromatic rings. The molecule has 0 aliphatic rings. The van der Waals surface area contributed by atoms with E-state index in [1.54, 1.807) is 48.5 Å². The monoisotopic (exact) mass is 876 g/mol. The van der Waals surface area contributed by atoms with E-state index in [1.807, 2.05) is 27.7 Å². The average molecular weight is 875 g/mol. The van der Waals surface area contributed by atoms with E-state index in [1.165, 1.54) is 48.5 Å². The van der Waals surface area contributed by atoms with Gasteiger partial charge in [-0.15, -0.1) is 0 Å². The van der Waals surface area contributed by atoms with Gasteiger partial charge in [-0.25, -0.2) is 33.7 Å². The van der Waals surface area contributed by atoms with Crippen molar-refractivity contribution >= 4 is 40.5 Å². The Balaban J connectivity index is 0.000000569. The number of hydrogen-bond donors (Lipinski definition) is 0. The van der Waals surface area contributed by atoms with Gasteiger partial charge < -0.3 is 18.2 Å². The summed E-state index contributed by atoms with van der Waals surface area (Å²) in [4.78, 5) is -0.711. The van der Waals surface area contributed by atoms with Gasteiger partial charge >= 0.3 is 19.8 Å². The van der Waals surface area contributed by atoms with E-state index in [0.717, 1.165) is 22.3 Å². The zero-order valence-electron chi connectivity index (χ0n) is 24.1. The van der Waals surface area contributed by atoms with Crippen LogP contribution < -0.4 is 0 Å². The van der Waals surface area contributed by atoms with Crippen LogP contribution in [0.4, 0.5) is 0 Å². The number of benzene rings is 4. The smallest absolute Gasteiger partial charge is 0.744 e. The van der Waals surface area contributed by atoms with Crippen LogP contribution in [-0.4, -0.2) is 51.9 Å². The minimum Gasteiger partial charge on any atom is -0.744 e. The summed E-state index contributed by atoms with van der Waals surface area (Å²) in [6.45, 7) is 7.28. The van der Waals surface area contributed by atoms with E-state index >= 15 is 0 Å². The molecule has 0 bridgehead atoms. The van der Waals surface area contributed by atoms with Crippen molar-refractivity contribution < 1.29 is 71.7 Å². The minimum atomic E-state index is -4.27. The molecule has 0 unspecified atom stereocenters. The first-order valence-corrected chi connectivity index (χ1v) is 17.7. The van der Waals surface area contributed by atoms with Crippen LogP contribution in [0.5, 0.6) is 0 Å². The van der Waals surface area contributed by atoms with E-state index in [-0.39, 0.29) is 39.4 Å². The molecule has 0 amide bonds. The summed E-state index contributed by atoms with van der Waals surface area (Å²) in [6, 6.07) is 23.1. The molecule has 4 aromatic carbocycles. The van der Waals surface area contributed by atoms with Crippen molar-refractivity contribution in [1.82, 2.24) is 0 Å². The number of aryl methyl sites for hydroxylation is 4. The maximum atomic E-state index is 10.4. The van der Waals surface area contributed by atoms with Gasteiger partial charge in [0.1, 0.15) is 40.5 Å². The van der Waals surface area contributed by atoms with E-state index in [2.05, 4.69) is 0 Å². The molecule has 17 heteroatoms. The molecule has 244 valence electrons. The first kappa shape index (κ1) is 42.2. The van der Waals surface area contributed by atoms with Gasteiger partial charge in [-0.3, -0.25) is 0 Å². The Morgan fingerprint density at radius 2 is 0.422 bits per heavy atom. The summed E-state index contributed by atoms with van der Waals surface area (Å²) >= 11 is 0. The van der Waals surface area contributed by atoms with Crippen molar-refractivity contribution in [2.45, 2.75) is 47.3 Å². The van der Waals surface area contributed by atoms with Crippen LogP contribution in [-0.2, 0) is 60.3 Å². The Morgan fingerprint density at radius 1 is 0.311 bits per heavy atom. The molecule has 0 aliphatic heterocycles. The van der Waals surface area contributed by atoms with Crippen LogP contribution in [0.15, 0.2) is 117 Å². The SMILES string of the molecule is Cc1ccc(S(=O)(=O)[O-])cc1.Cc1ccc(S(=O)(=O)[O-])cc1.Cc1ccc(S(=O)(=O)[O-])cc1.Cc1ccc(S(=O)(=O)[O-])cc1.[Os+4]. The van der Waals surface area contributed by atoms with E-state index in [0.29, 0.717) is 0 Å². The van der Waals surface area contributed by atoms with Gasteiger partial charge in [-0.05, 0) is 76.2 Å². The van der Waals surface area contributed by atoms with Crippen LogP contribution in [0, 0.1) is 27.7 Å². The largest absolute Gasteiger partial charge is 4.00 e. The van der Waals surface area contributed by atoms with E-state index in [9.17, 15) is 51.9 Å². The minimum absolute atomic E-state index is 0. The van der Waals surface area contributed by atoms with Crippen molar-refractivity contribution in [3.63, 3.8) is 0 Å². The van der Waals surface area contributed by atoms with Crippen molar-refractivity contribution in [1.29, 1.82) is 0 Å². The van der Waals surface area contributed by atoms with Crippen molar-refractivity contribution in [2.75, 3.05) is 0 Å². The summed E-state index contributed by atoms with van der Waals surface area (Å²) in [5.41, 5.74) is 3.71. The second kappa shape index (κ2) is 17.7. The molecule has 0 spiro atoms. The van der Waals surface area contributed by atoms with Gasteiger partial charge in [0.15, 0.2) is 0 Å². The first-order valence-electron chi connectivity index (χ1n) is 12.1. The normalized spacial score (nSPS) is 11.2. The van der Waals surface area contributed by atoms with Gasteiger partial charge in [-0.2, -0.15) is 0 Å². The van der Waals surface area contributed by atoms with Crippen LogP contribution in [0.2, 0.25) is 0 Å². The predicted molar refractivity (Wildman–Crippen MR) is 157 cm³/mol.